The van der Waals surface area contributed by atoms with Gasteiger partial charge >= 0.3 is 0 Å². The molecule has 1 aliphatic rings. The van der Waals surface area contributed by atoms with Gasteiger partial charge in [0.2, 0.25) is 0 Å². The molecule has 4 aromatic carbocycles. The molecule has 6 heteroatoms. The number of hydrogen-bond donors (Lipinski definition) is 0. The maximum absolute atomic E-state index is 5.41. The quantitative estimate of drug-likeness (QED) is 0.209. The summed E-state index contributed by atoms with van der Waals surface area (Å²) >= 11 is 1.75. The van der Waals surface area contributed by atoms with Gasteiger partial charge in [-0.05, 0) is 72.5 Å². The molecule has 1 unspecified atom stereocenters. The smallest absolute Gasteiger partial charge is 0.118 e. The Kier molecular flexibility index (Phi) is 6.71. The van der Waals surface area contributed by atoms with Crippen molar-refractivity contribution in [2.24, 2.45) is 5.10 Å². The van der Waals surface area contributed by atoms with Crippen LogP contribution in [0.5, 0.6) is 5.75 Å². The van der Waals surface area contributed by atoms with Gasteiger partial charge in [0.05, 0.1) is 35.9 Å². The van der Waals surface area contributed by atoms with Gasteiger partial charge in [-0.15, -0.1) is 11.8 Å². The van der Waals surface area contributed by atoms with E-state index in [9.17, 15) is 0 Å². The van der Waals surface area contributed by atoms with Crippen molar-refractivity contribution in [1.82, 2.24) is 9.78 Å². The van der Waals surface area contributed by atoms with Gasteiger partial charge in [0, 0.05) is 28.6 Å². The average Bonchev–Trinajstić information content (AvgIpc) is 3.64. The van der Waals surface area contributed by atoms with E-state index in [1.165, 1.54) is 4.90 Å². The van der Waals surface area contributed by atoms with Crippen molar-refractivity contribution in [2.45, 2.75) is 17.4 Å². The molecule has 0 amide bonds. The summed E-state index contributed by atoms with van der Waals surface area (Å²) in [6, 6.07) is 37.4. The highest BCUT2D eigenvalue weighted by Crippen LogP contribution is 2.41. The Hall–Kier alpha value is -4.29. The second kappa shape index (κ2) is 10.6. The lowest BCUT2D eigenvalue weighted by Gasteiger charge is -2.23. The van der Waals surface area contributed by atoms with Crippen LogP contribution in [0.4, 0.5) is 5.69 Å². The highest BCUT2D eigenvalue weighted by molar-refractivity contribution is 7.98. The number of para-hydroxylation sites is 2. The molecule has 0 fully saturated rings. The van der Waals surface area contributed by atoms with E-state index in [0.29, 0.717) is 0 Å². The fraction of sp³-hybridized carbons (Fsp3) is 0.125. The summed E-state index contributed by atoms with van der Waals surface area (Å²) < 4.78 is 7.39. The van der Waals surface area contributed by atoms with Gasteiger partial charge in [-0.3, -0.25) is 5.01 Å². The summed E-state index contributed by atoms with van der Waals surface area (Å²) in [6.45, 7) is 0. The lowest BCUT2D eigenvalue weighted by Crippen LogP contribution is -2.18. The first-order valence-corrected chi connectivity index (χ1v) is 13.8. The maximum atomic E-state index is 5.41. The van der Waals surface area contributed by atoms with Crippen LogP contribution in [-0.2, 0) is 0 Å². The van der Waals surface area contributed by atoms with Crippen LogP contribution in [0.15, 0.2) is 125 Å². The summed E-state index contributed by atoms with van der Waals surface area (Å²) in [5.41, 5.74) is 7.40. The van der Waals surface area contributed by atoms with Crippen molar-refractivity contribution in [3.8, 4) is 22.7 Å². The summed E-state index contributed by atoms with van der Waals surface area (Å²) in [4.78, 5) is 1.25. The SMILES string of the molecule is COc1ccc(-c2nn(-c3ccccc3)cc2C2CC(c3ccc(SC)cc3)=NN2c2ccccc2)cc1. The zero-order valence-corrected chi connectivity index (χ0v) is 22.2. The second-order valence-electron chi connectivity index (χ2n) is 9.12. The van der Waals surface area contributed by atoms with Crippen molar-refractivity contribution in [2.75, 3.05) is 18.4 Å². The zero-order valence-electron chi connectivity index (χ0n) is 21.4. The van der Waals surface area contributed by atoms with E-state index < -0.39 is 0 Å². The number of hydrazone groups is 1. The first-order valence-electron chi connectivity index (χ1n) is 12.6. The van der Waals surface area contributed by atoms with Crippen LogP contribution in [0, 0.1) is 0 Å². The van der Waals surface area contributed by atoms with E-state index in [-0.39, 0.29) is 6.04 Å². The molecule has 1 aromatic heterocycles. The number of methoxy groups -OCH3 is 1. The van der Waals surface area contributed by atoms with E-state index in [1.54, 1.807) is 18.9 Å². The van der Waals surface area contributed by atoms with Crippen LogP contribution < -0.4 is 9.75 Å². The monoisotopic (exact) mass is 516 g/mol. The molecule has 0 radical (unpaired) electrons. The first-order chi connectivity index (χ1) is 18.7. The van der Waals surface area contributed by atoms with Gasteiger partial charge in [-0.1, -0.05) is 48.5 Å². The van der Waals surface area contributed by atoms with Crippen molar-refractivity contribution in [1.29, 1.82) is 0 Å². The number of anilines is 1. The molecule has 0 saturated heterocycles. The fourth-order valence-electron chi connectivity index (χ4n) is 4.85. The van der Waals surface area contributed by atoms with Gasteiger partial charge in [0.1, 0.15) is 5.75 Å². The average molecular weight is 517 g/mol. The Balaban J connectivity index is 1.47. The van der Waals surface area contributed by atoms with Crippen LogP contribution in [0.2, 0.25) is 0 Å². The van der Waals surface area contributed by atoms with E-state index in [4.69, 9.17) is 14.9 Å². The normalized spacial score (nSPS) is 14.9. The lowest BCUT2D eigenvalue weighted by atomic mass is 9.96. The molecule has 188 valence electrons. The van der Waals surface area contributed by atoms with Crippen molar-refractivity contribution in [3.05, 3.63) is 127 Å². The van der Waals surface area contributed by atoms with E-state index in [2.05, 4.69) is 90.3 Å². The summed E-state index contributed by atoms with van der Waals surface area (Å²) in [5.74, 6) is 0.823. The van der Waals surface area contributed by atoms with Gasteiger partial charge in [0.25, 0.3) is 0 Å². The number of hydrogen-bond acceptors (Lipinski definition) is 5. The van der Waals surface area contributed by atoms with Crippen LogP contribution in [0.25, 0.3) is 16.9 Å². The van der Waals surface area contributed by atoms with E-state index >= 15 is 0 Å². The number of benzene rings is 4. The topological polar surface area (TPSA) is 42.6 Å². The minimum absolute atomic E-state index is 0.0119. The van der Waals surface area contributed by atoms with Crippen LogP contribution in [0.1, 0.15) is 23.6 Å². The second-order valence-corrected chi connectivity index (χ2v) is 10.00. The molecule has 5 aromatic rings. The fourth-order valence-corrected chi connectivity index (χ4v) is 5.25. The molecule has 0 saturated carbocycles. The summed E-state index contributed by atoms with van der Waals surface area (Å²) in [6.07, 6.45) is 5.03. The molecule has 1 atom stereocenters. The minimum Gasteiger partial charge on any atom is -0.497 e. The Bertz CT molecular complexity index is 1550. The molecule has 6 rings (SSSR count). The molecule has 0 bridgehead atoms. The predicted octanol–water partition coefficient (Wildman–Crippen LogP) is 7.63. The van der Waals surface area contributed by atoms with Gasteiger partial charge in [-0.2, -0.15) is 10.2 Å². The summed E-state index contributed by atoms with van der Waals surface area (Å²) in [5, 5.41) is 12.4. The Morgan fingerprint density at radius 3 is 2.03 bits per heavy atom. The molecule has 0 spiro atoms. The minimum atomic E-state index is -0.0119. The lowest BCUT2D eigenvalue weighted by molar-refractivity contribution is 0.415. The van der Waals surface area contributed by atoms with E-state index in [0.717, 1.165) is 51.6 Å². The number of nitrogens with zero attached hydrogens (tertiary/aromatic N) is 4. The molecule has 5 nitrogen and oxygen atoms in total. The molecule has 0 aliphatic carbocycles. The molecule has 1 aliphatic heterocycles. The standard InChI is InChI=1S/C32H28N4OS/c1-37-27-17-13-24(14-18-27)32-29(22-35(34-32)25-9-5-3-6-10-25)31-21-30(23-15-19-28(38-2)20-16-23)33-36(31)26-11-7-4-8-12-26/h3-20,22,31H,21H2,1-2H3. The highest BCUT2D eigenvalue weighted by Gasteiger charge is 2.33. The van der Waals surface area contributed by atoms with Crippen molar-refractivity contribution in [3.63, 3.8) is 0 Å². The van der Waals surface area contributed by atoms with Crippen molar-refractivity contribution < 1.29 is 4.74 Å². The highest BCUT2D eigenvalue weighted by atomic mass is 32.2. The first kappa shape index (κ1) is 24.1. The van der Waals surface area contributed by atoms with Crippen molar-refractivity contribution >= 4 is 23.2 Å². The zero-order chi connectivity index (χ0) is 25.9. The number of thioether (sulfide) groups is 1. The predicted molar refractivity (Wildman–Crippen MR) is 157 cm³/mol. The van der Waals surface area contributed by atoms with Crippen LogP contribution in [0.3, 0.4) is 0 Å². The van der Waals surface area contributed by atoms with E-state index in [1.807, 2.05) is 41.1 Å². The van der Waals surface area contributed by atoms with Crippen LogP contribution >= 0.6 is 11.8 Å². The Labute approximate surface area is 227 Å². The molecular formula is C32H28N4OS. The third kappa shape index (κ3) is 4.71. The van der Waals surface area contributed by atoms with Crippen LogP contribution in [-0.4, -0.2) is 28.9 Å². The third-order valence-electron chi connectivity index (χ3n) is 6.84. The third-order valence-corrected chi connectivity index (χ3v) is 7.58. The number of ether oxygens (including phenoxy) is 1. The van der Waals surface area contributed by atoms with Gasteiger partial charge in [-0.25, -0.2) is 4.68 Å². The number of rotatable bonds is 7. The number of aromatic nitrogens is 2. The summed E-state index contributed by atoms with van der Waals surface area (Å²) in [7, 11) is 1.69. The molecular weight excluding hydrogens is 488 g/mol. The largest absolute Gasteiger partial charge is 0.497 e. The Morgan fingerprint density at radius 1 is 0.763 bits per heavy atom. The molecule has 0 N–H and O–H groups in total. The molecule has 2 heterocycles. The maximum Gasteiger partial charge on any atom is 0.118 e. The van der Waals surface area contributed by atoms with Gasteiger partial charge in [0.15, 0.2) is 0 Å². The van der Waals surface area contributed by atoms with Gasteiger partial charge < -0.3 is 4.74 Å². The molecule has 38 heavy (non-hydrogen) atoms. The Morgan fingerprint density at radius 2 is 1.39 bits per heavy atom.